The Bertz CT molecular complexity index is 1410. The highest BCUT2D eigenvalue weighted by atomic mass is 35.5. The zero-order valence-corrected chi connectivity index (χ0v) is 24.8. The van der Waals surface area contributed by atoms with Crippen LogP contribution in [0, 0.1) is 6.92 Å². The van der Waals surface area contributed by atoms with E-state index in [0.29, 0.717) is 27.4 Å². The predicted octanol–water partition coefficient (Wildman–Crippen LogP) is 5.89. The summed E-state index contributed by atoms with van der Waals surface area (Å²) in [6, 6.07) is 15.0. The van der Waals surface area contributed by atoms with Crippen molar-refractivity contribution in [1.82, 2.24) is 10.2 Å². The maximum absolute atomic E-state index is 14.3. The van der Waals surface area contributed by atoms with Gasteiger partial charge in [0.25, 0.3) is 5.91 Å². The first-order chi connectivity index (χ1) is 19.8. The van der Waals surface area contributed by atoms with Crippen LogP contribution in [0.15, 0.2) is 79.4 Å². The van der Waals surface area contributed by atoms with Gasteiger partial charge in [-0.1, -0.05) is 54.1 Å². The van der Waals surface area contributed by atoms with Crippen molar-refractivity contribution in [3.8, 4) is 11.5 Å². The first kappa shape index (κ1) is 32.0. The second-order valence-corrected chi connectivity index (χ2v) is 11.2. The number of phenolic OH excluding ortho intramolecular Hbond substituents is 2. The zero-order chi connectivity index (χ0) is 31.0. The van der Waals surface area contributed by atoms with Crippen molar-refractivity contribution in [2.24, 2.45) is 0 Å². The number of benzene rings is 3. The van der Waals surface area contributed by atoms with E-state index in [1.807, 2.05) is 0 Å². The zero-order valence-electron chi connectivity index (χ0n) is 24.1. The molecule has 3 amide bonds. The smallest absolute Gasteiger partial charge is 0.408 e. The number of carbonyl (C=O) groups excluding carboxylic acids is 3. The molecule has 3 aromatic carbocycles. The quantitative estimate of drug-likeness (QED) is 0.217. The van der Waals surface area contributed by atoms with Gasteiger partial charge in [-0.2, -0.15) is 0 Å². The Labute approximate surface area is 250 Å². The minimum Gasteiger partial charge on any atom is -0.508 e. The minimum atomic E-state index is -1.25. The largest absolute Gasteiger partial charge is 0.508 e. The molecule has 0 radical (unpaired) electrons. The third-order valence-corrected chi connectivity index (χ3v) is 6.51. The number of halogens is 1. The number of aromatic hydroxyl groups is 2. The molecule has 3 rings (SSSR count). The molecular formula is C32H36ClN3O6. The standard InChI is InChI=1S/C32H36ClN3O6/c1-6-17-36(30(40)26(34-31(41)42-32(3,4)5)18-21-13-15-23(37)16-14-21)28(22-10-8-11-24(38)19-22)29(39)35-27-20(2)9-7-12-25(27)33/h6-16,19,26,28,37-38H,1,17-18H2,2-5H3,(H,34,41)(H,35,39). The molecule has 4 N–H and O–H groups in total. The summed E-state index contributed by atoms with van der Waals surface area (Å²) in [5.41, 5.74) is 1.24. The lowest BCUT2D eigenvalue weighted by Crippen LogP contribution is -2.53. The number of para-hydroxylation sites is 1. The number of hydrogen-bond acceptors (Lipinski definition) is 6. The highest BCUT2D eigenvalue weighted by Crippen LogP contribution is 2.30. The molecule has 0 spiro atoms. The Balaban J connectivity index is 2.07. The molecule has 0 fully saturated rings. The molecule has 0 bridgehead atoms. The summed E-state index contributed by atoms with van der Waals surface area (Å²) in [6.45, 7) is 10.6. The maximum atomic E-state index is 14.3. The number of phenols is 2. The molecule has 0 aliphatic heterocycles. The number of aryl methyl sites for hydroxylation is 1. The number of nitrogens with one attached hydrogen (secondary N) is 2. The van der Waals surface area contributed by atoms with Gasteiger partial charge in [0.15, 0.2) is 0 Å². The predicted molar refractivity (Wildman–Crippen MR) is 163 cm³/mol. The number of ether oxygens (including phenoxy) is 1. The first-order valence-electron chi connectivity index (χ1n) is 13.3. The fraction of sp³-hybridized carbons (Fsp3) is 0.281. The van der Waals surface area contributed by atoms with Gasteiger partial charge in [-0.05, 0) is 74.7 Å². The maximum Gasteiger partial charge on any atom is 0.408 e. The van der Waals surface area contributed by atoms with Gasteiger partial charge in [0.2, 0.25) is 5.91 Å². The van der Waals surface area contributed by atoms with Crippen LogP contribution in [0.1, 0.15) is 43.5 Å². The van der Waals surface area contributed by atoms with E-state index in [0.717, 1.165) is 0 Å². The van der Waals surface area contributed by atoms with Gasteiger partial charge in [0.1, 0.15) is 29.2 Å². The molecule has 42 heavy (non-hydrogen) atoms. The monoisotopic (exact) mass is 593 g/mol. The number of nitrogens with zero attached hydrogens (tertiary/aromatic N) is 1. The lowest BCUT2D eigenvalue weighted by molar-refractivity contribution is -0.140. The molecule has 2 unspecified atom stereocenters. The van der Waals surface area contributed by atoms with Crippen LogP contribution in [0.25, 0.3) is 0 Å². The molecular weight excluding hydrogens is 558 g/mol. The summed E-state index contributed by atoms with van der Waals surface area (Å²) in [6.07, 6.45) is 0.680. The molecule has 0 aliphatic carbocycles. The van der Waals surface area contributed by atoms with Crippen LogP contribution in [0.2, 0.25) is 5.02 Å². The number of anilines is 1. The highest BCUT2D eigenvalue weighted by Gasteiger charge is 2.36. The van der Waals surface area contributed by atoms with E-state index in [1.54, 1.807) is 70.2 Å². The van der Waals surface area contributed by atoms with E-state index >= 15 is 0 Å². The average molecular weight is 594 g/mol. The van der Waals surface area contributed by atoms with Gasteiger partial charge in [0.05, 0.1) is 10.7 Å². The highest BCUT2D eigenvalue weighted by molar-refractivity contribution is 6.34. The second kappa shape index (κ2) is 13.9. The molecule has 0 aliphatic rings. The molecule has 0 heterocycles. The normalized spacial score (nSPS) is 12.5. The molecule has 2 atom stereocenters. The van der Waals surface area contributed by atoms with Crippen molar-refractivity contribution in [3.05, 3.63) is 101 Å². The van der Waals surface area contributed by atoms with Crippen molar-refractivity contribution in [2.75, 3.05) is 11.9 Å². The number of hydrogen-bond donors (Lipinski definition) is 4. The van der Waals surface area contributed by atoms with Crippen molar-refractivity contribution in [3.63, 3.8) is 0 Å². The summed E-state index contributed by atoms with van der Waals surface area (Å²) >= 11 is 6.38. The Hall–Kier alpha value is -4.50. The number of rotatable bonds is 10. The molecule has 0 saturated heterocycles. The molecule has 0 aromatic heterocycles. The Kier molecular flexibility index (Phi) is 10.6. The molecule has 3 aromatic rings. The lowest BCUT2D eigenvalue weighted by Gasteiger charge is -2.34. The third-order valence-electron chi connectivity index (χ3n) is 6.19. The van der Waals surface area contributed by atoms with Gasteiger partial charge in [-0.25, -0.2) is 4.79 Å². The van der Waals surface area contributed by atoms with E-state index in [-0.39, 0.29) is 24.5 Å². The van der Waals surface area contributed by atoms with Crippen molar-refractivity contribution in [1.29, 1.82) is 0 Å². The van der Waals surface area contributed by atoms with Crippen LogP contribution < -0.4 is 10.6 Å². The van der Waals surface area contributed by atoms with Crippen LogP contribution in [-0.2, 0) is 20.7 Å². The Morgan fingerprint density at radius 1 is 1.02 bits per heavy atom. The van der Waals surface area contributed by atoms with Gasteiger partial charge in [-0.15, -0.1) is 6.58 Å². The average Bonchev–Trinajstić information content (AvgIpc) is 2.90. The number of carbonyl (C=O) groups is 3. The van der Waals surface area contributed by atoms with Gasteiger partial charge in [-0.3, -0.25) is 9.59 Å². The molecule has 222 valence electrons. The topological polar surface area (TPSA) is 128 Å². The lowest BCUT2D eigenvalue weighted by atomic mass is 9.99. The summed E-state index contributed by atoms with van der Waals surface area (Å²) in [5, 5.41) is 25.8. The second-order valence-electron chi connectivity index (χ2n) is 10.8. The SMILES string of the molecule is C=CCN(C(=O)C(Cc1ccc(O)cc1)NC(=O)OC(C)(C)C)C(C(=O)Nc1c(C)cccc1Cl)c1cccc(O)c1. The number of amides is 3. The molecule has 9 nitrogen and oxygen atoms in total. The Morgan fingerprint density at radius 3 is 2.29 bits per heavy atom. The first-order valence-corrected chi connectivity index (χ1v) is 13.7. The van der Waals surface area contributed by atoms with Crippen molar-refractivity contribution >= 4 is 35.2 Å². The van der Waals surface area contributed by atoms with E-state index < -0.39 is 35.6 Å². The van der Waals surface area contributed by atoms with E-state index in [9.17, 15) is 24.6 Å². The fourth-order valence-corrected chi connectivity index (χ4v) is 4.60. The fourth-order valence-electron chi connectivity index (χ4n) is 4.33. The summed E-state index contributed by atoms with van der Waals surface area (Å²) in [5.74, 6) is -1.25. The summed E-state index contributed by atoms with van der Waals surface area (Å²) in [4.78, 5) is 42.4. The van der Waals surface area contributed by atoms with Crippen LogP contribution in [0.5, 0.6) is 11.5 Å². The van der Waals surface area contributed by atoms with Crippen LogP contribution >= 0.6 is 11.6 Å². The third kappa shape index (κ3) is 8.75. The molecule has 10 heteroatoms. The molecule has 0 saturated carbocycles. The van der Waals surface area contributed by atoms with Crippen LogP contribution in [0.3, 0.4) is 0 Å². The van der Waals surface area contributed by atoms with E-state index in [4.69, 9.17) is 16.3 Å². The summed E-state index contributed by atoms with van der Waals surface area (Å²) < 4.78 is 5.42. The van der Waals surface area contributed by atoms with E-state index in [1.165, 1.54) is 35.2 Å². The van der Waals surface area contributed by atoms with Crippen molar-refractivity contribution < 1.29 is 29.3 Å². The Morgan fingerprint density at radius 2 is 1.69 bits per heavy atom. The van der Waals surface area contributed by atoms with E-state index in [2.05, 4.69) is 17.2 Å². The minimum absolute atomic E-state index is 0.0317. The van der Waals surface area contributed by atoms with Gasteiger partial charge < -0.3 is 30.5 Å². The summed E-state index contributed by atoms with van der Waals surface area (Å²) in [7, 11) is 0. The van der Waals surface area contributed by atoms with Crippen LogP contribution in [0.4, 0.5) is 10.5 Å². The van der Waals surface area contributed by atoms with Gasteiger partial charge in [0, 0.05) is 13.0 Å². The van der Waals surface area contributed by atoms with Crippen molar-refractivity contribution in [2.45, 2.75) is 51.8 Å². The van der Waals surface area contributed by atoms with Gasteiger partial charge >= 0.3 is 6.09 Å². The van der Waals surface area contributed by atoms with Crippen LogP contribution in [-0.4, -0.2) is 51.2 Å². The number of alkyl carbamates (subject to hydrolysis) is 1.